The van der Waals surface area contributed by atoms with Crippen LogP contribution in [0.15, 0.2) is 37.1 Å². The third-order valence-corrected chi connectivity index (χ3v) is 8.13. The second kappa shape index (κ2) is 11.0. The van der Waals surface area contributed by atoms with E-state index in [0.717, 1.165) is 36.1 Å². The van der Waals surface area contributed by atoms with Gasteiger partial charge in [-0.05, 0) is 56.6 Å². The molecule has 40 heavy (non-hydrogen) atoms. The summed E-state index contributed by atoms with van der Waals surface area (Å²) in [6.07, 6.45) is 5.38. The zero-order chi connectivity index (χ0) is 27.8. The van der Waals surface area contributed by atoms with E-state index in [-0.39, 0.29) is 28.0 Å². The molecule has 2 aromatic carbocycles. The van der Waals surface area contributed by atoms with Crippen LogP contribution in [0.25, 0.3) is 32.9 Å². The Labute approximate surface area is 236 Å². The topological polar surface area (TPSA) is 90.5 Å². The van der Waals surface area contributed by atoms with Gasteiger partial charge in [0.25, 0.3) is 0 Å². The molecule has 2 aliphatic rings. The average Bonchev–Trinajstić information content (AvgIpc) is 3.66. The van der Waals surface area contributed by atoms with E-state index in [1.807, 2.05) is 24.0 Å². The van der Waals surface area contributed by atoms with Crippen LogP contribution >= 0.6 is 11.6 Å². The SMILES string of the molecule is C=CC(=O)N1CCN(c2nc(OCCN3CCCC3)nc3c(F)c(-c4c(C)ccc5[nH]ncc45)c(Cl)cc23)CC1. The normalized spacial score (nSPS) is 16.3. The van der Waals surface area contributed by atoms with Gasteiger partial charge < -0.3 is 14.5 Å². The molecule has 0 bridgehead atoms. The summed E-state index contributed by atoms with van der Waals surface area (Å²) in [7, 11) is 0. The van der Waals surface area contributed by atoms with Gasteiger partial charge in [-0.2, -0.15) is 15.1 Å². The molecule has 4 heterocycles. The number of carbonyl (C=O) groups is 1. The van der Waals surface area contributed by atoms with Crippen LogP contribution in [0.4, 0.5) is 10.2 Å². The Bertz CT molecular complexity index is 1590. The molecule has 0 spiro atoms. The Kier molecular flexibility index (Phi) is 7.29. The van der Waals surface area contributed by atoms with E-state index in [9.17, 15) is 4.79 Å². The summed E-state index contributed by atoms with van der Waals surface area (Å²) in [4.78, 5) is 27.5. The van der Waals surface area contributed by atoms with E-state index in [0.29, 0.717) is 49.6 Å². The predicted octanol–water partition coefficient (Wildman–Crippen LogP) is 4.58. The van der Waals surface area contributed by atoms with E-state index < -0.39 is 5.82 Å². The number of piperazine rings is 1. The van der Waals surface area contributed by atoms with Crippen LogP contribution < -0.4 is 9.64 Å². The molecule has 1 N–H and O–H groups in total. The molecule has 11 heteroatoms. The van der Waals surface area contributed by atoms with E-state index in [4.69, 9.17) is 21.3 Å². The molecule has 4 aromatic rings. The van der Waals surface area contributed by atoms with Crippen molar-refractivity contribution < 1.29 is 13.9 Å². The zero-order valence-corrected chi connectivity index (χ0v) is 23.2. The third-order valence-electron chi connectivity index (χ3n) is 7.83. The molecule has 2 aromatic heterocycles. The molecule has 6 rings (SSSR count). The summed E-state index contributed by atoms with van der Waals surface area (Å²) in [5, 5.41) is 8.64. The molecule has 2 saturated heterocycles. The summed E-state index contributed by atoms with van der Waals surface area (Å²) < 4.78 is 22.6. The Morgan fingerprint density at radius 1 is 1.12 bits per heavy atom. The van der Waals surface area contributed by atoms with Crippen molar-refractivity contribution in [1.82, 2.24) is 30.0 Å². The number of anilines is 1. The predicted molar refractivity (Wildman–Crippen MR) is 154 cm³/mol. The first-order valence-electron chi connectivity index (χ1n) is 13.6. The fourth-order valence-corrected chi connectivity index (χ4v) is 5.98. The standard InChI is InChI=1S/C29H31ClFN7O2/c1-3-23(39)37-10-12-38(13-11-37)28-19-16-21(30)25(24-18(2)6-7-22-20(24)17-32-35-22)26(31)27(19)33-29(34-28)40-15-14-36-8-4-5-9-36/h3,6-7,16-17H,1,4-5,8-15H2,2H3,(H,32,35). The van der Waals surface area contributed by atoms with Crippen molar-refractivity contribution in [3.63, 3.8) is 0 Å². The van der Waals surface area contributed by atoms with Crippen molar-refractivity contribution in [1.29, 1.82) is 0 Å². The minimum atomic E-state index is -0.534. The lowest BCUT2D eigenvalue weighted by molar-refractivity contribution is -0.126. The number of rotatable bonds is 7. The summed E-state index contributed by atoms with van der Waals surface area (Å²) in [6.45, 7) is 10.8. The Morgan fingerprint density at radius 3 is 2.65 bits per heavy atom. The maximum absolute atomic E-state index is 16.6. The van der Waals surface area contributed by atoms with Gasteiger partial charge in [0.05, 0.1) is 16.7 Å². The largest absolute Gasteiger partial charge is 0.462 e. The van der Waals surface area contributed by atoms with Gasteiger partial charge >= 0.3 is 6.01 Å². The monoisotopic (exact) mass is 563 g/mol. The number of aryl methyl sites for hydroxylation is 1. The molecular weight excluding hydrogens is 533 g/mol. The summed E-state index contributed by atoms with van der Waals surface area (Å²) in [5.74, 6) is -0.106. The van der Waals surface area contributed by atoms with Crippen LogP contribution in [0.1, 0.15) is 18.4 Å². The third kappa shape index (κ3) is 4.86. The van der Waals surface area contributed by atoms with Crippen molar-refractivity contribution in [3.8, 4) is 17.1 Å². The van der Waals surface area contributed by atoms with Crippen molar-refractivity contribution in [2.45, 2.75) is 19.8 Å². The van der Waals surface area contributed by atoms with Crippen molar-refractivity contribution in [2.24, 2.45) is 0 Å². The number of hydrogen-bond acceptors (Lipinski definition) is 7. The number of hydrogen-bond donors (Lipinski definition) is 1. The number of amides is 1. The summed E-state index contributed by atoms with van der Waals surface area (Å²) >= 11 is 6.83. The van der Waals surface area contributed by atoms with Gasteiger partial charge in [0, 0.05) is 54.6 Å². The van der Waals surface area contributed by atoms with Gasteiger partial charge in [0.1, 0.15) is 17.9 Å². The number of nitrogens with zero attached hydrogens (tertiary/aromatic N) is 6. The molecule has 9 nitrogen and oxygen atoms in total. The van der Waals surface area contributed by atoms with Crippen LogP contribution in [0.5, 0.6) is 6.01 Å². The molecule has 0 saturated carbocycles. The molecule has 2 aliphatic heterocycles. The molecular formula is C29H31ClFN7O2. The number of carbonyl (C=O) groups excluding carboxylic acids is 1. The molecule has 0 radical (unpaired) electrons. The van der Waals surface area contributed by atoms with E-state index in [1.165, 1.54) is 18.9 Å². The number of halogens is 2. The molecule has 208 valence electrons. The van der Waals surface area contributed by atoms with Crippen molar-refractivity contribution in [3.05, 3.63) is 53.5 Å². The summed E-state index contributed by atoms with van der Waals surface area (Å²) in [6, 6.07) is 5.69. The van der Waals surface area contributed by atoms with Gasteiger partial charge in [-0.3, -0.25) is 14.8 Å². The quantitative estimate of drug-likeness (QED) is 0.329. The van der Waals surface area contributed by atoms with Crippen LogP contribution in [0, 0.1) is 12.7 Å². The van der Waals surface area contributed by atoms with Crippen molar-refractivity contribution >= 4 is 45.1 Å². The summed E-state index contributed by atoms with van der Waals surface area (Å²) in [5.41, 5.74) is 2.74. The first-order chi connectivity index (χ1) is 19.4. The van der Waals surface area contributed by atoms with Gasteiger partial charge in [0.15, 0.2) is 5.82 Å². The highest BCUT2D eigenvalue weighted by molar-refractivity contribution is 6.35. The maximum atomic E-state index is 16.6. The van der Waals surface area contributed by atoms with Crippen LogP contribution in [-0.2, 0) is 4.79 Å². The van der Waals surface area contributed by atoms with Gasteiger partial charge in [0.2, 0.25) is 5.91 Å². The lowest BCUT2D eigenvalue weighted by Crippen LogP contribution is -2.48. The Hall–Kier alpha value is -3.76. The molecule has 1 amide bonds. The minimum Gasteiger partial charge on any atom is -0.462 e. The maximum Gasteiger partial charge on any atom is 0.319 e. The van der Waals surface area contributed by atoms with Gasteiger partial charge in [-0.1, -0.05) is 24.2 Å². The van der Waals surface area contributed by atoms with Gasteiger partial charge in [-0.25, -0.2) is 4.39 Å². The number of likely N-dealkylation sites (tertiary alicyclic amines) is 1. The number of nitrogens with one attached hydrogen (secondary N) is 1. The van der Waals surface area contributed by atoms with E-state index in [2.05, 4.69) is 26.7 Å². The number of aromatic amines is 1. The van der Waals surface area contributed by atoms with Crippen LogP contribution in [0.3, 0.4) is 0 Å². The first-order valence-corrected chi connectivity index (χ1v) is 14.0. The minimum absolute atomic E-state index is 0.111. The fourth-order valence-electron chi connectivity index (χ4n) is 5.69. The van der Waals surface area contributed by atoms with E-state index >= 15 is 4.39 Å². The van der Waals surface area contributed by atoms with Gasteiger partial charge in [-0.15, -0.1) is 0 Å². The first kappa shape index (κ1) is 26.5. The van der Waals surface area contributed by atoms with E-state index in [1.54, 1.807) is 17.2 Å². The highest BCUT2D eigenvalue weighted by atomic mass is 35.5. The number of benzene rings is 2. The molecule has 0 unspecified atom stereocenters. The molecule has 0 aliphatic carbocycles. The highest BCUT2D eigenvalue weighted by Crippen LogP contribution is 2.42. The molecule has 2 fully saturated rings. The fraction of sp³-hybridized carbons (Fsp3) is 0.379. The zero-order valence-electron chi connectivity index (χ0n) is 22.4. The lowest BCUT2D eigenvalue weighted by atomic mass is 9.95. The van der Waals surface area contributed by atoms with Crippen molar-refractivity contribution in [2.75, 3.05) is 57.3 Å². The van der Waals surface area contributed by atoms with Crippen LogP contribution in [0.2, 0.25) is 5.02 Å². The number of fused-ring (bicyclic) bond motifs is 2. The second-order valence-corrected chi connectivity index (χ2v) is 10.7. The van der Waals surface area contributed by atoms with Crippen LogP contribution in [-0.4, -0.2) is 88.3 Å². The Morgan fingerprint density at radius 2 is 1.90 bits per heavy atom. The number of aromatic nitrogens is 4. The number of H-pyrrole nitrogens is 1. The smallest absolute Gasteiger partial charge is 0.319 e. The average molecular weight is 564 g/mol. The lowest BCUT2D eigenvalue weighted by Gasteiger charge is -2.35. The Balaban J connectivity index is 1.44. The number of ether oxygens (including phenoxy) is 1. The molecule has 0 atom stereocenters. The second-order valence-electron chi connectivity index (χ2n) is 10.3. The highest BCUT2D eigenvalue weighted by Gasteiger charge is 2.27.